The molecular formula is C19H17ClN4O2. The van der Waals surface area contributed by atoms with Crippen molar-refractivity contribution in [1.29, 1.82) is 0 Å². The number of ether oxygens (including phenoxy) is 1. The molecule has 0 spiro atoms. The molecule has 0 atom stereocenters. The Morgan fingerprint density at radius 1 is 0.923 bits per heavy atom. The van der Waals surface area contributed by atoms with Gasteiger partial charge in [0.2, 0.25) is 0 Å². The topological polar surface area (TPSA) is 76.1 Å². The van der Waals surface area contributed by atoms with E-state index in [1.165, 1.54) is 0 Å². The standard InChI is InChI=1S/C19H17ClN4O2/c1-12-10-13(2)22-19(21-12)26-17-8-6-15(7-9-17)23-18(25)24-16-5-3-4-14(20)11-16/h3-11H,1-2H3,(H2,23,24,25). The smallest absolute Gasteiger partial charge is 0.323 e. The Kier molecular flexibility index (Phi) is 5.34. The summed E-state index contributed by atoms with van der Waals surface area (Å²) in [6.07, 6.45) is 0. The van der Waals surface area contributed by atoms with Crippen LogP contribution in [0.3, 0.4) is 0 Å². The van der Waals surface area contributed by atoms with E-state index in [0.29, 0.717) is 28.2 Å². The first-order valence-electron chi connectivity index (χ1n) is 7.92. The number of urea groups is 1. The molecule has 2 N–H and O–H groups in total. The van der Waals surface area contributed by atoms with E-state index in [9.17, 15) is 4.79 Å². The maximum Gasteiger partial charge on any atom is 0.323 e. The van der Waals surface area contributed by atoms with Gasteiger partial charge in [0.15, 0.2) is 0 Å². The van der Waals surface area contributed by atoms with Crippen molar-refractivity contribution in [3.8, 4) is 11.8 Å². The van der Waals surface area contributed by atoms with Gasteiger partial charge in [-0.1, -0.05) is 17.7 Å². The molecule has 6 nitrogen and oxygen atoms in total. The number of carbonyl (C=O) groups is 1. The lowest BCUT2D eigenvalue weighted by atomic mass is 10.3. The Morgan fingerprint density at radius 3 is 2.23 bits per heavy atom. The molecule has 2 amide bonds. The third kappa shape index (κ3) is 4.94. The molecule has 0 bridgehead atoms. The minimum absolute atomic E-state index is 0.293. The third-order valence-corrected chi connectivity index (χ3v) is 3.60. The second kappa shape index (κ2) is 7.84. The average Bonchev–Trinajstić information content (AvgIpc) is 2.55. The van der Waals surface area contributed by atoms with Crippen LogP contribution in [0.5, 0.6) is 11.8 Å². The van der Waals surface area contributed by atoms with Gasteiger partial charge < -0.3 is 15.4 Å². The fraction of sp³-hybridized carbons (Fsp3) is 0.105. The number of amides is 2. The van der Waals surface area contributed by atoms with E-state index >= 15 is 0 Å². The normalized spacial score (nSPS) is 10.3. The van der Waals surface area contributed by atoms with Crippen LogP contribution in [0, 0.1) is 13.8 Å². The molecule has 132 valence electrons. The molecule has 1 aromatic heterocycles. The largest absolute Gasteiger partial charge is 0.424 e. The van der Waals surface area contributed by atoms with E-state index < -0.39 is 0 Å². The molecule has 0 aliphatic rings. The fourth-order valence-electron chi connectivity index (χ4n) is 2.31. The second-order valence-electron chi connectivity index (χ2n) is 5.65. The lowest BCUT2D eigenvalue weighted by Gasteiger charge is -2.09. The van der Waals surface area contributed by atoms with Crippen molar-refractivity contribution in [2.45, 2.75) is 13.8 Å². The maximum absolute atomic E-state index is 12.0. The predicted molar refractivity (Wildman–Crippen MR) is 102 cm³/mol. The van der Waals surface area contributed by atoms with Gasteiger partial charge in [-0.25, -0.2) is 14.8 Å². The van der Waals surface area contributed by atoms with Crippen molar-refractivity contribution in [3.63, 3.8) is 0 Å². The monoisotopic (exact) mass is 368 g/mol. The van der Waals surface area contributed by atoms with E-state index in [0.717, 1.165) is 11.4 Å². The summed E-state index contributed by atoms with van der Waals surface area (Å²) in [5, 5.41) is 6.01. The van der Waals surface area contributed by atoms with Crippen LogP contribution in [0.1, 0.15) is 11.4 Å². The van der Waals surface area contributed by atoms with Crippen LogP contribution in [-0.2, 0) is 0 Å². The molecule has 0 aliphatic carbocycles. The number of aromatic nitrogens is 2. The summed E-state index contributed by atoms with van der Waals surface area (Å²) in [7, 11) is 0. The van der Waals surface area contributed by atoms with E-state index in [4.69, 9.17) is 16.3 Å². The van der Waals surface area contributed by atoms with Crippen LogP contribution in [0.15, 0.2) is 54.6 Å². The zero-order chi connectivity index (χ0) is 18.5. The number of hydrogen-bond acceptors (Lipinski definition) is 4. The van der Waals surface area contributed by atoms with Gasteiger partial charge in [-0.2, -0.15) is 0 Å². The van der Waals surface area contributed by atoms with Gasteiger partial charge in [0.05, 0.1) is 0 Å². The molecule has 0 fully saturated rings. The highest BCUT2D eigenvalue weighted by atomic mass is 35.5. The van der Waals surface area contributed by atoms with Crippen molar-refractivity contribution in [2.24, 2.45) is 0 Å². The van der Waals surface area contributed by atoms with E-state index in [-0.39, 0.29) is 6.03 Å². The Bertz CT molecular complexity index is 909. The quantitative estimate of drug-likeness (QED) is 0.665. The molecule has 2 aromatic carbocycles. The number of carbonyl (C=O) groups excluding carboxylic acids is 1. The number of anilines is 2. The minimum Gasteiger partial charge on any atom is -0.424 e. The molecule has 0 saturated heterocycles. The first kappa shape index (κ1) is 17.7. The highest BCUT2D eigenvalue weighted by Crippen LogP contribution is 2.21. The van der Waals surface area contributed by atoms with Crippen LogP contribution >= 0.6 is 11.6 Å². The molecule has 3 aromatic rings. The number of rotatable bonds is 4. The lowest BCUT2D eigenvalue weighted by Crippen LogP contribution is -2.19. The Hall–Kier alpha value is -3.12. The molecule has 26 heavy (non-hydrogen) atoms. The second-order valence-corrected chi connectivity index (χ2v) is 6.09. The zero-order valence-electron chi connectivity index (χ0n) is 14.3. The summed E-state index contributed by atoms with van der Waals surface area (Å²) in [6, 6.07) is 15.7. The maximum atomic E-state index is 12.0. The van der Waals surface area contributed by atoms with Crippen molar-refractivity contribution in [1.82, 2.24) is 9.97 Å². The third-order valence-electron chi connectivity index (χ3n) is 3.37. The highest BCUT2D eigenvalue weighted by Gasteiger charge is 2.05. The number of hydrogen-bond donors (Lipinski definition) is 2. The molecule has 0 radical (unpaired) electrons. The fourth-order valence-corrected chi connectivity index (χ4v) is 2.50. The van der Waals surface area contributed by atoms with E-state index in [1.54, 1.807) is 48.5 Å². The molecule has 3 rings (SSSR count). The number of nitrogens with zero attached hydrogens (tertiary/aromatic N) is 2. The predicted octanol–water partition coefficient (Wildman–Crippen LogP) is 5.18. The van der Waals surface area contributed by atoms with E-state index in [2.05, 4.69) is 20.6 Å². The highest BCUT2D eigenvalue weighted by molar-refractivity contribution is 6.30. The Labute approximate surface area is 156 Å². The molecular weight excluding hydrogens is 352 g/mol. The van der Waals surface area contributed by atoms with Crippen molar-refractivity contribution in [3.05, 3.63) is 71.0 Å². The molecule has 7 heteroatoms. The van der Waals surface area contributed by atoms with Crippen LogP contribution in [0.4, 0.5) is 16.2 Å². The Balaban J connectivity index is 1.61. The first-order valence-corrected chi connectivity index (χ1v) is 8.29. The number of nitrogens with one attached hydrogen (secondary N) is 2. The van der Waals surface area contributed by atoms with Crippen molar-refractivity contribution in [2.75, 3.05) is 10.6 Å². The van der Waals surface area contributed by atoms with Gasteiger partial charge in [0, 0.05) is 27.8 Å². The first-order chi connectivity index (χ1) is 12.5. The SMILES string of the molecule is Cc1cc(C)nc(Oc2ccc(NC(=O)Nc3cccc(Cl)c3)cc2)n1. The lowest BCUT2D eigenvalue weighted by molar-refractivity contribution is 0.262. The summed E-state index contributed by atoms with van der Waals surface area (Å²) in [5.41, 5.74) is 2.91. The molecule has 0 aliphatic heterocycles. The van der Waals surface area contributed by atoms with Crippen molar-refractivity contribution >= 4 is 29.0 Å². The van der Waals surface area contributed by atoms with Gasteiger partial charge in [-0.05, 0) is 62.4 Å². The van der Waals surface area contributed by atoms with Gasteiger partial charge in [0.25, 0.3) is 0 Å². The van der Waals surface area contributed by atoms with Crippen LogP contribution in [0.25, 0.3) is 0 Å². The molecule has 0 saturated carbocycles. The summed E-state index contributed by atoms with van der Waals surface area (Å²) in [5.74, 6) is 0.579. The summed E-state index contributed by atoms with van der Waals surface area (Å²) in [6.45, 7) is 3.76. The summed E-state index contributed by atoms with van der Waals surface area (Å²) in [4.78, 5) is 20.5. The minimum atomic E-state index is -0.362. The average molecular weight is 369 g/mol. The van der Waals surface area contributed by atoms with Crippen LogP contribution in [-0.4, -0.2) is 16.0 Å². The van der Waals surface area contributed by atoms with E-state index in [1.807, 2.05) is 19.9 Å². The van der Waals surface area contributed by atoms with Gasteiger partial charge in [-0.3, -0.25) is 0 Å². The summed E-state index contributed by atoms with van der Waals surface area (Å²) >= 11 is 5.90. The Morgan fingerprint density at radius 2 is 1.58 bits per heavy atom. The van der Waals surface area contributed by atoms with Gasteiger partial charge in [0.1, 0.15) is 5.75 Å². The number of aryl methyl sites for hydroxylation is 2. The van der Waals surface area contributed by atoms with Crippen molar-refractivity contribution < 1.29 is 9.53 Å². The number of benzene rings is 2. The van der Waals surface area contributed by atoms with Crippen LogP contribution in [0.2, 0.25) is 5.02 Å². The van der Waals surface area contributed by atoms with Gasteiger partial charge in [-0.15, -0.1) is 0 Å². The molecule has 1 heterocycles. The number of halogens is 1. The molecule has 0 unspecified atom stereocenters. The zero-order valence-corrected chi connectivity index (χ0v) is 15.0. The van der Waals surface area contributed by atoms with Crippen LogP contribution < -0.4 is 15.4 Å². The summed E-state index contributed by atoms with van der Waals surface area (Å²) < 4.78 is 5.64. The van der Waals surface area contributed by atoms with Gasteiger partial charge >= 0.3 is 12.0 Å².